The van der Waals surface area contributed by atoms with Crippen molar-refractivity contribution in [3.8, 4) is 0 Å². The molecule has 0 rings (SSSR count). The van der Waals surface area contributed by atoms with Gasteiger partial charge in [0.05, 0.1) is 24.7 Å². The van der Waals surface area contributed by atoms with E-state index in [2.05, 4.69) is 0 Å². The summed E-state index contributed by atoms with van der Waals surface area (Å²) in [6.45, 7) is 5.48. The summed E-state index contributed by atoms with van der Waals surface area (Å²) >= 11 is 0. The highest BCUT2D eigenvalue weighted by molar-refractivity contribution is 5.70. The first-order chi connectivity index (χ1) is 6.95. The van der Waals surface area contributed by atoms with Gasteiger partial charge in [0.2, 0.25) is 0 Å². The molecule has 90 valence electrons. The molecule has 0 saturated carbocycles. The van der Waals surface area contributed by atoms with Crippen LogP contribution in [0, 0.1) is 0 Å². The molecule has 0 spiro atoms. The number of carbonyl (C=O) groups excluding carboxylic acids is 1. The molecule has 0 heterocycles. The fraction of sp³-hybridized carbons (Fsp3) is 0.909. The topological polar surface area (TPSA) is 66.8 Å². The Hall–Kier alpha value is -0.610. The first-order valence-electron chi connectivity index (χ1n) is 5.51. The van der Waals surface area contributed by atoms with Gasteiger partial charge in [-0.3, -0.25) is 4.79 Å². The van der Waals surface area contributed by atoms with Gasteiger partial charge >= 0.3 is 5.97 Å². The van der Waals surface area contributed by atoms with E-state index in [1.54, 1.807) is 13.8 Å². The molecular formula is C11H22O4. The number of ether oxygens (including phenoxy) is 1. The van der Waals surface area contributed by atoms with E-state index in [4.69, 9.17) is 4.74 Å². The summed E-state index contributed by atoms with van der Waals surface area (Å²) in [6.07, 6.45) is 0.209. The van der Waals surface area contributed by atoms with E-state index in [9.17, 15) is 15.0 Å². The third-order valence-corrected chi connectivity index (χ3v) is 1.94. The second kappa shape index (κ2) is 7.65. The second-order valence-corrected chi connectivity index (χ2v) is 4.07. The Morgan fingerprint density at radius 2 is 1.87 bits per heavy atom. The van der Waals surface area contributed by atoms with Crippen molar-refractivity contribution in [3.05, 3.63) is 0 Å². The van der Waals surface area contributed by atoms with Crippen molar-refractivity contribution in [1.29, 1.82) is 0 Å². The number of hydrogen-bond donors (Lipinski definition) is 2. The minimum atomic E-state index is -0.808. The van der Waals surface area contributed by atoms with Crippen molar-refractivity contribution in [2.24, 2.45) is 0 Å². The number of rotatable bonds is 7. The molecule has 4 heteroatoms. The van der Waals surface area contributed by atoms with Gasteiger partial charge in [0.15, 0.2) is 0 Å². The fourth-order valence-electron chi connectivity index (χ4n) is 1.35. The Labute approximate surface area is 91.3 Å². The minimum absolute atomic E-state index is 0.0427. The summed E-state index contributed by atoms with van der Waals surface area (Å²) < 4.78 is 4.88. The molecule has 0 unspecified atom stereocenters. The third-order valence-electron chi connectivity index (χ3n) is 1.94. The van der Waals surface area contributed by atoms with Gasteiger partial charge in [0.1, 0.15) is 0 Å². The van der Waals surface area contributed by atoms with Gasteiger partial charge in [-0.1, -0.05) is 13.3 Å². The van der Waals surface area contributed by atoms with E-state index in [-0.39, 0.29) is 18.9 Å². The SMILES string of the molecule is CCC[C@H](O)C[C@@H](O)CC(=O)OC(C)C. The lowest BCUT2D eigenvalue weighted by atomic mass is 10.1. The first-order valence-corrected chi connectivity index (χ1v) is 5.51. The molecule has 2 atom stereocenters. The van der Waals surface area contributed by atoms with Crippen molar-refractivity contribution in [2.75, 3.05) is 0 Å². The van der Waals surface area contributed by atoms with Gasteiger partial charge in [0, 0.05) is 0 Å². The van der Waals surface area contributed by atoms with Crippen LogP contribution in [0.4, 0.5) is 0 Å². The molecule has 0 radical (unpaired) electrons. The number of hydrogen-bond acceptors (Lipinski definition) is 4. The van der Waals surface area contributed by atoms with Crippen LogP contribution in [0.15, 0.2) is 0 Å². The molecule has 0 saturated heterocycles. The second-order valence-electron chi connectivity index (χ2n) is 4.07. The lowest BCUT2D eigenvalue weighted by molar-refractivity contribution is -0.149. The van der Waals surface area contributed by atoms with Crippen molar-refractivity contribution < 1.29 is 19.7 Å². The van der Waals surface area contributed by atoms with Crippen LogP contribution < -0.4 is 0 Å². The first kappa shape index (κ1) is 14.4. The van der Waals surface area contributed by atoms with Gasteiger partial charge in [-0.05, 0) is 26.7 Å². The number of aliphatic hydroxyl groups is 2. The highest BCUT2D eigenvalue weighted by Crippen LogP contribution is 2.08. The van der Waals surface area contributed by atoms with Gasteiger partial charge in [-0.15, -0.1) is 0 Å². The molecule has 0 amide bonds. The molecule has 2 N–H and O–H groups in total. The van der Waals surface area contributed by atoms with Crippen LogP contribution >= 0.6 is 0 Å². The maximum Gasteiger partial charge on any atom is 0.308 e. The summed E-state index contributed by atoms with van der Waals surface area (Å²) in [6, 6.07) is 0. The van der Waals surface area contributed by atoms with Crippen LogP contribution in [0.3, 0.4) is 0 Å². The van der Waals surface area contributed by atoms with Crippen molar-refractivity contribution in [3.63, 3.8) is 0 Å². The molecule has 0 aromatic carbocycles. The van der Waals surface area contributed by atoms with Gasteiger partial charge in [0.25, 0.3) is 0 Å². The average molecular weight is 218 g/mol. The quantitative estimate of drug-likeness (QED) is 0.631. The average Bonchev–Trinajstić information content (AvgIpc) is 2.00. The lowest BCUT2D eigenvalue weighted by Gasteiger charge is -2.15. The number of aliphatic hydroxyl groups excluding tert-OH is 2. The van der Waals surface area contributed by atoms with E-state index < -0.39 is 18.2 Å². The molecule has 0 aromatic rings. The molecule has 15 heavy (non-hydrogen) atoms. The van der Waals surface area contributed by atoms with E-state index in [1.807, 2.05) is 6.92 Å². The maximum absolute atomic E-state index is 11.1. The van der Waals surface area contributed by atoms with Crippen LogP contribution in [0.2, 0.25) is 0 Å². The van der Waals surface area contributed by atoms with Gasteiger partial charge in [-0.25, -0.2) is 0 Å². The van der Waals surface area contributed by atoms with E-state index in [0.717, 1.165) is 6.42 Å². The Kier molecular flexibility index (Phi) is 7.34. The normalized spacial score (nSPS) is 15.1. The number of carbonyl (C=O) groups is 1. The summed E-state index contributed by atoms with van der Waals surface area (Å²) in [5, 5.41) is 18.9. The van der Waals surface area contributed by atoms with Crippen molar-refractivity contribution in [1.82, 2.24) is 0 Å². The molecule has 0 aliphatic heterocycles. The standard InChI is InChI=1S/C11H22O4/c1-4-5-9(12)6-10(13)7-11(14)15-8(2)3/h8-10,12-13H,4-7H2,1-3H3/t9-,10+/m0/s1. The van der Waals surface area contributed by atoms with E-state index >= 15 is 0 Å². The Morgan fingerprint density at radius 3 is 2.33 bits per heavy atom. The third kappa shape index (κ3) is 8.39. The summed E-state index contributed by atoms with van der Waals surface area (Å²) in [7, 11) is 0. The largest absolute Gasteiger partial charge is 0.463 e. The van der Waals surface area contributed by atoms with E-state index in [0.29, 0.717) is 6.42 Å². The van der Waals surface area contributed by atoms with Crippen molar-refractivity contribution >= 4 is 5.97 Å². The number of esters is 1. The highest BCUT2D eigenvalue weighted by Gasteiger charge is 2.16. The zero-order valence-corrected chi connectivity index (χ0v) is 9.77. The van der Waals surface area contributed by atoms with Gasteiger partial charge in [-0.2, -0.15) is 0 Å². The fourth-order valence-corrected chi connectivity index (χ4v) is 1.35. The van der Waals surface area contributed by atoms with Crippen LogP contribution in [-0.4, -0.2) is 34.5 Å². The van der Waals surface area contributed by atoms with Crippen LogP contribution in [-0.2, 0) is 9.53 Å². The highest BCUT2D eigenvalue weighted by atomic mass is 16.5. The molecule has 0 aliphatic carbocycles. The maximum atomic E-state index is 11.1. The Balaban J connectivity index is 3.72. The molecule has 0 aliphatic rings. The van der Waals surface area contributed by atoms with Crippen LogP contribution in [0.25, 0.3) is 0 Å². The molecule has 4 nitrogen and oxygen atoms in total. The summed E-state index contributed by atoms with van der Waals surface area (Å²) in [5.74, 6) is -0.416. The lowest BCUT2D eigenvalue weighted by Crippen LogP contribution is -2.23. The smallest absolute Gasteiger partial charge is 0.308 e. The predicted octanol–water partition coefficient (Wildman–Crippen LogP) is 1.24. The Morgan fingerprint density at radius 1 is 1.27 bits per heavy atom. The van der Waals surface area contributed by atoms with Crippen LogP contribution in [0.5, 0.6) is 0 Å². The monoisotopic (exact) mass is 218 g/mol. The Bertz CT molecular complexity index is 179. The molecule has 0 aromatic heterocycles. The zero-order valence-electron chi connectivity index (χ0n) is 9.77. The van der Waals surface area contributed by atoms with Gasteiger partial charge < -0.3 is 14.9 Å². The predicted molar refractivity (Wildman–Crippen MR) is 57.4 cm³/mol. The molecule has 0 bridgehead atoms. The van der Waals surface area contributed by atoms with Crippen LogP contribution in [0.1, 0.15) is 46.5 Å². The minimum Gasteiger partial charge on any atom is -0.463 e. The molecular weight excluding hydrogens is 196 g/mol. The summed E-state index contributed by atoms with van der Waals surface area (Å²) in [4.78, 5) is 11.1. The zero-order chi connectivity index (χ0) is 11.8. The van der Waals surface area contributed by atoms with E-state index in [1.165, 1.54) is 0 Å². The molecule has 0 fully saturated rings. The van der Waals surface area contributed by atoms with Crippen molar-refractivity contribution in [2.45, 2.75) is 64.8 Å². The summed E-state index contributed by atoms with van der Waals surface area (Å²) in [5.41, 5.74) is 0.